The molecule has 2 rings (SSSR count). The van der Waals surface area contributed by atoms with Gasteiger partial charge in [-0.1, -0.05) is 23.5 Å². The minimum atomic E-state index is -1.00. The fourth-order valence-electron chi connectivity index (χ4n) is 1.30. The highest BCUT2D eigenvalue weighted by atomic mass is 32.1. The van der Waals surface area contributed by atoms with Gasteiger partial charge in [-0.05, 0) is 18.6 Å². The molecule has 1 heterocycles. The van der Waals surface area contributed by atoms with Crippen LogP contribution in [0.2, 0.25) is 0 Å². The maximum absolute atomic E-state index is 11.0. The lowest BCUT2D eigenvalue weighted by atomic mass is 10.1. The predicted octanol–water partition coefficient (Wildman–Crippen LogP) is 2.94. The summed E-state index contributed by atoms with van der Waals surface area (Å²) in [6, 6.07) is 5.00. The topological polar surface area (TPSA) is 59.4 Å². The number of carboxylic acids is 1. The number of aromatic carboxylic acids is 1. The zero-order valence-corrected chi connectivity index (χ0v) is 9.32. The van der Waals surface area contributed by atoms with Gasteiger partial charge in [0.2, 0.25) is 0 Å². The van der Waals surface area contributed by atoms with Crippen molar-refractivity contribution < 1.29 is 14.6 Å². The van der Waals surface area contributed by atoms with Crippen molar-refractivity contribution in [3.63, 3.8) is 0 Å². The van der Waals surface area contributed by atoms with Crippen LogP contribution in [0.25, 0.3) is 0 Å². The zero-order chi connectivity index (χ0) is 11.5. The van der Waals surface area contributed by atoms with Crippen LogP contribution >= 0.6 is 11.3 Å². The first-order valence-electron chi connectivity index (χ1n) is 4.58. The molecule has 0 radical (unpaired) electrons. The maximum atomic E-state index is 11.0. The Kier molecular flexibility index (Phi) is 2.87. The molecule has 16 heavy (non-hydrogen) atoms. The fourth-order valence-corrected chi connectivity index (χ4v) is 1.80. The highest BCUT2D eigenvalue weighted by Crippen LogP contribution is 2.29. The van der Waals surface area contributed by atoms with Gasteiger partial charge in [-0.2, -0.15) is 0 Å². The van der Waals surface area contributed by atoms with E-state index in [-0.39, 0.29) is 5.56 Å². The Balaban J connectivity index is 2.42. The molecule has 5 heteroatoms. The summed E-state index contributed by atoms with van der Waals surface area (Å²) < 4.78 is 5.47. The number of nitrogens with zero attached hydrogens (tertiary/aromatic N) is 1. The lowest BCUT2D eigenvalue weighted by Crippen LogP contribution is -2.01. The third-order valence-electron chi connectivity index (χ3n) is 2.04. The van der Waals surface area contributed by atoms with Crippen LogP contribution in [-0.4, -0.2) is 16.1 Å². The molecule has 1 N–H and O–H groups in total. The van der Waals surface area contributed by atoms with Crippen molar-refractivity contribution in [1.82, 2.24) is 4.98 Å². The molecule has 0 spiro atoms. The molecule has 0 aliphatic heterocycles. The fraction of sp³-hybridized carbons (Fsp3) is 0.0909. The smallest absolute Gasteiger partial charge is 0.339 e. The second-order valence-corrected chi connectivity index (χ2v) is 4.01. The van der Waals surface area contributed by atoms with E-state index in [4.69, 9.17) is 9.84 Å². The third-order valence-corrected chi connectivity index (χ3v) is 2.69. The number of aryl methyl sites for hydroxylation is 1. The summed E-state index contributed by atoms with van der Waals surface area (Å²) in [6.07, 6.45) is 1.61. The first-order valence-corrected chi connectivity index (χ1v) is 5.46. The van der Waals surface area contributed by atoms with E-state index >= 15 is 0 Å². The number of para-hydroxylation sites is 1. The Hall–Kier alpha value is -1.88. The Morgan fingerprint density at radius 3 is 2.94 bits per heavy atom. The molecular formula is C11H9NO3S. The molecule has 0 aliphatic rings. The zero-order valence-electron chi connectivity index (χ0n) is 8.51. The van der Waals surface area contributed by atoms with Crippen molar-refractivity contribution >= 4 is 17.3 Å². The first kappa shape index (κ1) is 10.6. The summed E-state index contributed by atoms with van der Waals surface area (Å²) in [5.74, 6) is -0.653. The van der Waals surface area contributed by atoms with Gasteiger partial charge in [-0.25, -0.2) is 9.78 Å². The SMILES string of the molecule is Cc1cccc(C(=O)O)c1Oc1nccs1. The number of carbonyl (C=O) groups is 1. The van der Waals surface area contributed by atoms with Gasteiger partial charge in [0.15, 0.2) is 0 Å². The van der Waals surface area contributed by atoms with Gasteiger partial charge >= 0.3 is 5.97 Å². The molecule has 1 aromatic carbocycles. The van der Waals surface area contributed by atoms with Crippen molar-refractivity contribution in [2.75, 3.05) is 0 Å². The van der Waals surface area contributed by atoms with Crippen LogP contribution in [0.1, 0.15) is 15.9 Å². The van der Waals surface area contributed by atoms with Gasteiger partial charge in [0, 0.05) is 11.6 Å². The van der Waals surface area contributed by atoms with Gasteiger partial charge in [0.05, 0.1) is 0 Å². The Morgan fingerprint density at radius 2 is 2.31 bits per heavy atom. The van der Waals surface area contributed by atoms with Crippen LogP contribution in [0.5, 0.6) is 10.9 Å². The molecule has 0 fully saturated rings. The molecule has 0 atom stereocenters. The number of thiazole rings is 1. The molecular weight excluding hydrogens is 226 g/mol. The van der Waals surface area contributed by atoms with Gasteiger partial charge in [0.1, 0.15) is 11.3 Å². The normalized spacial score (nSPS) is 10.1. The van der Waals surface area contributed by atoms with Crippen LogP contribution < -0.4 is 4.74 Å². The van der Waals surface area contributed by atoms with Gasteiger partial charge in [-0.3, -0.25) is 0 Å². The van der Waals surface area contributed by atoms with E-state index in [0.29, 0.717) is 10.9 Å². The standard InChI is InChI=1S/C11H9NO3S/c1-7-3-2-4-8(10(13)14)9(7)15-11-12-5-6-16-11/h2-6H,1H3,(H,13,14). The highest BCUT2D eigenvalue weighted by Gasteiger charge is 2.14. The minimum absolute atomic E-state index is 0.148. The van der Waals surface area contributed by atoms with Crippen LogP contribution in [-0.2, 0) is 0 Å². The Morgan fingerprint density at radius 1 is 1.50 bits per heavy atom. The second kappa shape index (κ2) is 4.32. The lowest BCUT2D eigenvalue weighted by Gasteiger charge is -2.08. The van der Waals surface area contributed by atoms with Crippen molar-refractivity contribution in [3.8, 4) is 10.9 Å². The molecule has 0 unspecified atom stereocenters. The number of hydrogen-bond donors (Lipinski definition) is 1. The minimum Gasteiger partial charge on any atom is -0.478 e. The highest BCUT2D eigenvalue weighted by molar-refractivity contribution is 7.11. The average molecular weight is 235 g/mol. The number of rotatable bonds is 3. The van der Waals surface area contributed by atoms with Crippen LogP contribution in [0, 0.1) is 6.92 Å². The molecule has 1 aromatic heterocycles. The average Bonchev–Trinajstić information content (AvgIpc) is 2.73. The molecule has 0 saturated heterocycles. The Labute approximate surface area is 96.1 Å². The monoisotopic (exact) mass is 235 g/mol. The van der Waals surface area contributed by atoms with E-state index in [9.17, 15) is 4.79 Å². The van der Waals surface area contributed by atoms with Crippen molar-refractivity contribution in [2.24, 2.45) is 0 Å². The van der Waals surface area contributed by atoms with Crippen LogP contribution in [0.4, 0.5) is 0 Å². The van der Waals surface area contributed by atoms with Crippen LogP contribution in [0.15, 0.2) is 29.8 Å². The third kappa shape index (κ3) is 2.04. The Bertz CT molecular complexity index is 508. The van der Waals surface area contributed by atoms with E-state index in [1.165, 1.54) is 17.4 Å². The van der Waals surface area contributed by atoms with E-state index in [2.05, 4.69) is 4.98 Å². The lowest BCUT2D eigenvalue weighted by molar-refractivity contribution is 0.0694. The molecule has 0 aliphatic carbocycles. The predicted molar refractivity (Wildman–Crippen MR) is 60.3 cm³/mol. The summed E-state index contributed by atoms with van der Waals surface area (Å²) in [7, 11) is 0. The van der Waals surface area contributed by atoms with E-state index in [1.54, 1.807) is 30.6 Å². The van der Waals surface area contributed by atoms with E-state index in [1.807, 2.05) is 0 Å². The van der Waals surface area contributed by atoms with Crippen molar-refractivity contribution in [3.05, 3.63) is 40.9 Å². The van der Waals surface area contributed by atoms with Gasteiger partial charge in [-0.15, -0.1) is 0 Å². The quantitative estimate of drug-likeness (QED) is 0.888. The molecule has 82 valence electrons. The van der Waals surface area contributed by atoms with Crippen molar-refractivity contribution in [2.45, 2.75) is 6.92 Å². The summed E-state index contributed by atoms with van der Waals surface area (Å²) in [5.41, 5.74) is 0.922. The van der Waals surface area contributed by atoms with Crippen molar-refractivity contribution in [1.29, 1.82) is 0 Å². The maximum Gasteiger partial charge on any atom is 0.339 e. The number of benzene rings is 1. The van der Waals surface area contributed by atoms with Gasteiger partial charge in [0.25, 0.3) is 5.19 Å². The molecule has 0 saturated carbocycles. The van der Waals surface area contributed by atoms with E-state index in [0.717, 1.165) is 5.56 Å². The number of carboxylic acid groups (broad SMARTS) is 1. The number of ether oxygens (including phenoxy) is 1. The summed E-state index contributed by atoms with van der Waals surface area (Å²) in [5, 5.41) is 11.2. The molecule has 4 nitrogen and oxygen atoms in total. The summed E-state index contributed by atoms with van der Waals surface area (Å²) >= 11 is 1.32. The molecule has 0 bridgehead atoms. The van der Waals surface area contributed by atoms with Crippen LogP contribution in [0.3, 0.4) is 0 Å². The number of hydrogen-bond acceptors (Lipinski definition) is 4. The summed E-state index contributed by atoms with van der Waals surface area (Å²) in [6.45, 7) is 1.80. The second-order valence-electron chi connectivity index (χ2n) is 3.16. The first-order chi connectivity index (χ1) is 7.68. The van der Waals surface area contributed by atoms with E-state index < -0.39 is 5.97 Å². The number of aromatic nitrogens is 1. The molecule has 0 amide bonds. The molecule has 2 aromatic rings. The van der Waals surface area contributed by atoms with Gasteiger partial charge < -0.3 is 9.84 Å². The summed E-state index contributed by atoms with van der Waals surface area (Å²) in [4.78, 5) is 15.0. The largest absolute Gasteiger partial charge is 0.478 e.